The molecule has 0 amide bonds. The molecule has 1 aliphatic rings. The molecule has 2 aromatic carbocycles. The second-order valence-electron chi connectivity index (χ2n) is 5.54. The van der Waals surface area contributed by atoms with E-state index < -0.39 is 0 Å². The molecule has 1 heterocycles. The average Bonchev–Trinajstić information content (AvgIpc) is 2.89. The van der Waals surface area contributed by atoms with Crippen molar-refractivity contribution in [3.8, 4) is 0 Å². The molecule has 0 aliphatic carbocycles. The van der Waals surface area contributed by atoms with Crippen molar-refractivity contribution in [3.05, 3.63) is 65.2 Å². The third kappa shape index (κ3) is 2.77. The van der Waals surface area contributed by atoms with Gasteiger partial charge in [0.25, 0.3) is 0 Å². The van der Waals surface area contributed by atoms with Crippen LogP contribution in [0.5, 0.6) is 0 Å². The minimum atomic E-state index is 0.507. The Balaban J connectivity index is 1.81. The lowest BCUT2D eigenvalue weighted by atomic mass is 9.89. The van der Waals surface area contributed by atoms with Gasteiger partial charge >= 0.3 is 0 Å². The zero-order valence-corrected chi connectivity index (χ0v) is 12.9. The Labute approximate surface area is 125 Å². The number of thioether (sulfide) groups is 1. The first-order chi connectivity index (χ1) is 9.78. The summed E-state index contributed by atoms with van der Waals surface area (Å²) in [6.07, 6.45) is 1.09. The van der Waals surface area contributed by atoms with Gasteiger partial charge in [0, 0.05) is 22.6 Å². The van der Waals surface area contributed by atoms with Gasteiger partial charge in [0.15, 0.2) is 0 Å². The zero-order valence-electron chi connectivity index (χ0n) is 12.1. The summed E-state index contributed by atoms with van der Waals surface area (Å²) in [7, 11) is 2.09. The van der Waals surface area contributed by atoms with Crippen molar-refractivity contribution >= 4 is 11.8 Å². The Morgan fingerprint density at radius 2 is 2.05 bits per heavy atom. The van der Waals surface area contributed by atoms with Crippen LogP contribution in [0.25, 0.3) is 0 Å². The van der Waals surface area contributed by atoms with Crippen molar-refractivity contribution in [2.45, 2.75) is 30.2 Å². The molecule has 1 aliphatic heterocycles. The molecule has 0 bridgehead atoms. The number of fused-ring (bicyclic) bond motifs is 1. The van der Waals surface area contributed by atoms with Crippen LogP contribution in [0.15, 0.2) is 53.4 Å². The van der Waals surface area contributed by atoms with E-state index in [-0.39, 0.29) is 0 Å². The minimum Gasteiger partial charge on any atom is -0.316 e. The molecule has 2 unspecified atom stereocenters. The standard InChI is InChI=1S/C18H21NS/c1-13-6-5-7-14(10-13)11-17(19-2)16-12-20-18-9-4-3-8-15(16)18/h3-10,16-17,19H,11-12H2,1-2H3. The van der Waals surface area contributed by atoms with Gasteiger partial charge in [0.2, 0.25) is 0 Å². The molecule has 0 saturated carbocycles. The van der Waals surface area contributed by atoms with Crippen molar-refractivity contribution in [2.75, 3.05) is 12.8 Å². The van der Waals surface area contributed by atoms with E-state index in [0.717, 1.165) is 6.42 Å². The molecule has 0 radical (unpaired) electrons. The molecule has 2 aromatic rings. The van der Waals surface area contributed by atoms with Gasteiger partial charge in [-0.05, 0) is 37.6 Å². The van der Waals surface area contributed by atoms with E-state index in [1.807, 2.05) is 11.8 Å². The Kier molecular flexibility index (Phi) is 4.13. The van der Waals surface area contributed by atoms with E-state index in [0.29, 0.717) is 12.0 Å². The summed E-state index contributed by atoms with van der Waals surface area (Å²) in [6.45, 7) is 2.17. The van der Waals surface area contributed by atoms with E-state index in [1.165, 1.54) is 27.3 Å². The van der Waals surface area contributed by atoms with Crippen molar-refractivity contribution in [1.82, 2.24) is 5.32 Å². The number of likely N-dealkylation sites (N-methyl/N-ethyl adjacent to an activating group) is 1. The van der Waals surface area contributed by atoms with Crippen molar-refractivity contribution in [3.63, 3.8) is 0 Å². The molecular formula is C18H21NS. The summed E-state index contributed by atoms with van der Waals surface area (Å²) in [5.41, 5.74) is 4.29. The highest BCUT2D eigenvalue weighted by Gasteiger charge is 2.29. The molecule has 2 heteroatoms. The Hall–Kier alpha value is -1.25. The second-order valence-corrected chi connectivity index (χ2v) is 6.61. The average molecular weight is 283 g/mol. The fourth-order valence-electron chi connectivity index (χ4n) is 3.06. The van der Waals surface area contributed by atoms with Crippen LogP contribution < -0.4 is 5.32 Å². The summed E-state index contributed by atoms with van der Waals surface area (Å²) in [4.78, 5) is 1.46. The first kappa shape index (κ1) is 13.7. The van der Waals surface area contributed by atoms with Crippen LogP contribution in [0, 0.1) is 6.92 Å². The number of benzene rings is 2. The van der Waals surface area contributed by atoms with Gasteiger partial charge < -0.3 is 5.32 Å². The molecule has 0 spiro atoms. The summed E-state index contributed by atoms with van der Waals surface area (Å²) in [5.74, 6) is 1.80. The summed E-state index contributed by atoms with van der Waals surface area (Å²) in [6, 6.07) is 18.2. The van der Waals surface area contributed by atoms with Crippen LogP contribution in [-0.2, 0) is 6.42 Å². The summed E-state index contributed by atoms with van der Waals surface area (Å²) in [5, 5.41) is 3.54. The summed E-state index contributed by atoms with van der Waals surface area (Å²) >= 11 is 1.99. The Morgan fingerprint density at radius 1 is 1.20 bits per heavy atom. The molecule has 104 valence electrons. The van der Waals surface area contributed by atoms with Gasteiger partial charge in [0.1, 0.15) is 0 Å². The predicted molar refractivity (Wildman–Crippen MR) is 87.6 cm³/mol. The topological polar surface area (TPSA) is 12.0 Å². The first-order valence-corrected chi connectivity index (χ1v) is 8.21. The maximum absolute atomic E-state index is 3.54. The predicted octanol–water partition coefficient (Wildman–Crippen LogP) is 4.02. The highest BCUT2D eigenvalue weighted by atomic mass is 32.2. The van der Waals surface area contributed by atoms with Crippen molar-refractivity contribution in [2.24, 2.45) is 0 Å². The lowest BCUT2D eigenvalue weighted by molar-refractivity contribution is 0.489. The largest absolute Gasteiger partial charge is 0.316 e. The highest BCUT2D eigenvalue weighted by molar-refractivity contribution is 7.99. The lowest BCUT2D eigenvalue weighted by Crippen LogP contribution is -2.34. The van der Waals surface area contributed by atoms with Gasteiger partial charge in [-0.15, -0.1) is 11.8 Å². The van der Waals surface area contributed by atoms with Gasteiger partial charge in [-0.2, -0.15) is 0 Å². The molecule has 0 aromatic heterocycles. The minimum absolute atomic E-state index is 0.507. The monoisotopic (exact) mass is 283 g/mol. The molecule has 0 saturated heterocycles. The van der Waals surface area contributed by atoms with Crippen LogP contribution in [-0.4, -0.2) is 18.8 Å². The van der Waals surface area contributed by atoms with E-state index >= 15 is 0 Å². The normalized spacial score (nSPS) is 18.8. The first-order valence-electron chi connectivity index (χ1n) is 7.22. The van der Waals surface area contributed by atoms with Crippen molar-refractivity contribution < 1.29 is 0 Å². The maximum Gasteiger partial charge on any atom is 0.0182 e. The maximum atomic E-state index is 3.54. The quantitative estimate of drug-likeness (QED) is 0.909. The molecule has 20 heavy (non-hydrogen) atoms. The zero-order chi connectivity index (χ0) is 13.9. The van der Waals surface area contributed by atoms with Gasteiger partial charge in [0.05, 0.1) is 0 Å². The van der Waals surface area contributed by atoms with Crippen LogP contribution >= 0.6 is 11.8 Å². The molecule has 1 nitrogen and oxygen atoms in total. The molecule has 2 atom stereocenters. The van der Waals surface area contributed by atoms with E-state index in [2.05, 4.69) is 67.8 Å². The molecule has 3 rings (SSSR count). The molecular weight excluding hydrogens is 262 g/mol. The number of hydrogen-bond donors (Lipinski definition) is 1. The third-order valence-electron chi connectivity index (χ3n) is 4.13. The Bertz CT molecular complexity index is 593. The van der Waals surface area contributed by atoms with Crippen LogP contribution in [0.1, 0.15) is 22.6 Å². The lowest BCUT2D eigenvalue weighted by Gasteiger charge is -2.24. The van der Waals surface area contributed by atoms with Gasteiger partial charge in [-0.25, -0.2) is 0 Å². The molecule has 0 fully saturated rings. The van der Waals surface area contributed by atoms with E-state index in [4.69, 9.17) is 0 Å². The fourth-order valence-corrected chi connectivity index (χ4v) is 4.39. The van der Waals surface area contributed by atoms with Crippen molar-refractivity contribution in [1.29, 1.82) is 0 Å². The van der Waals surface area contributed by atoms with Gasteiger partial charge in [-0.3, -0.25) is 0 Å². The molecule has 1 N–H and O–H groups in total. The highest BCUT2D eigenvalue weighted by Crippen LogP contribution is 2.41. The third-order valence-corrected chi connectivity index (χ3v) is 5.34. The van der Waals surface area contributed by atoms with E-state index in [1.54, 1.807) is 0 Å². The SMILES string of the molecule is CNC(Cc1cccc(C)c1)C1CSc2ccccc21. The van der Waals surface area contributed by atoms with Crippen LogP contribution in [0.4, 0.5) is 0 Å². The number of rotatable bonds is 4. The number of hydrogen-bond acceptors (Lipinski definition) is 2. The number of nitrogens with one attached hydrogen (secondary N) is 1. The van der Waals surface area contributed by atoms with Crippen LogP contribution in [0.3, 0.4) is 0 Å². The smallest absolute Gasteiger partial charge is 0.0182 e. The van der Waals surface area contributed by atoms with Crippen LogP contribution in [0.2, 0.25) is 0 Å². The van der Waals surface area contributed by atoms with E-state index in [9.17, 15) is 0 Å². The fraction of sp³-hybridized carbons (Fsp3) is 0.333. The second kappa shape index (κ2) is 6.02. The number of aryl methyl sites for hydroxylation is 1. The Morgan fingerprint density at radius 3 is 2.85 bits per heavy atom. The van der Waals surface area contributed by atoms with Gasteiger partial charge in [-0.1, -0.05) is 48.0 Å². The summed E-state index contributed by atoms with van der Waals surface area (Å²) < 4.78 is 0.